The number of alkyl carbamates (subject to hydrolysis) is 1. The van der Waals surface area contributed by atoms with E-state index in [1.807, 2.05) is 71.1 Å². The maximum absolute atomic E-state index is 12.4. The molecule has 3 N–H and O–H groups in total. The van der Waals surface area contributed by atoms with Gasteiger partial charge in [0, 0.05) is 15.9 Å². The molecule has 0 saturated heterocycles. The molecule has 158 valence electrons. The van der Waals surface area contributed by atoms with E-state index in [1.54, 1.807) is 12.1 Å². The normalized spacial score (nSPS) is 13.2. The second kappa shape index (κ2) is 8.97. The van der Waals surface area contributed by atoms with Crippen LogP contribution in [0.1, 0.15) is 22.6 Å². The maximum atomic E-state index is 12.4. The summed E-state index contributed by atoms with van der Waals surface area (Å²) in [6, 6.07) is 19.5. The zero-order valence-electron chi connectivity index (χ0n) is 16.4. The highest BCUT2D eigenvalue weighted by atomic mass is 127. The minimum atomic E-state index is -1.16. The molecule has 1 aliphatic rings. The lowest BCUT2D eigenvalue weighted by Gasteiger charge is -2.18. The Morgan fingerprint density at radius 3 is 2.19 bits per heavy atom. The van der Waals surface area contributed by atoms with Crippen molar-refractivity contribution in [1.29, 1.82) is 0 Å². The quantitative estimate of drug-likeness (QED) is 0.408. The minimum Gasteiger partial charge on any atom is -0.508 e. The minimum absolute atomic E-state index is 0.0814. The number of nitrogens with one attached hydrogen (secondary N) is 1. The van der Waals surface area contributed by atoms with Gasteiger partial charge in [-0.3, -0.25) is 0 Å². The number of carbonyl (C=O) groups is 2. The Labute approximate surface area is 193 Å². The number of carboxylic acid groups (broad SMARTS) is 1. The Bertz CT molecular complexity index is 1100. The Kier molecular flexibility index (Phi) is 6.13. The van der Waals surface area contributed by atoms with Gasteiger partial charge in [-0.2, -0.15) is 0 Å². The van der Waals surface area contributed by atoms with Gasteiger partial charge in [0.2, 0.25) is 0 Å². The molecule has 0 aliphatic heterocycles. The first-order chi connectivity index (χ1) is 14.9. The molecule has 0 aromatic heterocycles. The van der Waals surface area contributed by atoms with E-state index in [4.69, 9.17) is 4.74 Å². The summed E-state index contributed by atoms with van der Waals surface area (Å²) in [4.78, 5) is 24.1. The number of aliphatic carboxylic acids is 1. The van der Waals surface area contributed by atoms with Gasteiger partial charge in [0.15, 0.2) is 0 Å². The Hall–Kier alpha value is -3.07. The molecule has 0 heterocycles. The fourth-order valence-corrected chi connectivity index (χ4v) is 4.62. The smallest absolute Gasteiger partial charge is 0.407 e. The fourth-order valence-electron chi connectivity index (χ4n) is 3.90. The van der Waals surface area contributed by atoms with Crippen molar-refractivity contribution in [1.82, 2.24) is 5.32 Å². The molecule has 4 rings (SSSR count). The van der Waals surface area contributed by atoms with Gasteiger partial charge < -0.3 is 20.3 Å². The first-order valence-electron chi connectivity index (χ1n) is 9.75. The van der Waals surface area contributed by atoms with E-state index in [-0.39, 0.29) is 24.7 Å². The molecular weight excluding hydrogens is 509 g/mol. The van der Waals surface area contributed by atoms with E-state index in [2.05, 4.69) is 5.32 Å². The first kappa shape index (κ1) is 21.2. The van der Waals surface area contributed by atoms with Crippen LogP contribution in [0, 0.1) is 3.57 Å². The summed E-state index contributed by atoms with van der Waals surface area (Å²) >= 11 is 2.02. The molecule has 0 fully saturated rings. The Balaban J connectivity index is 1.44. The van der Waals surface area contributed by atoms with Crippen LogP contribution in [0.15, 0.2) is 66.7 Å². The van der Waals surface area contributed by atoms with Crippen molar-refractivity contribution in [2.45, 2.75) is 18.4 Å². The molecule has 0 radical (unpaired) electrons. The number of ether oxygens (including phenoxy) is 1. The lowest BCUT2D eigenvalue weighted by Crippen LogP contribution is -2.43. The summed E-state index contributed by atoms with van der Waals surface area (Å²) in [6.07, 6.45) is -0.694. The van der Waals surface area contributed by atoms with Gasteiger partial charge in [0.25, 0.3) is 0 Å². The molecule has 3 aromatic rings. The summed E-state index contributed by atoms with van der Waals surface area (Å²) in [5.74, 6) is -1.15. The third-order valence-electron chi connectivity index (χ3n) is 5.39. The SMILES string of the molecule is O=C(NC(Cc1ccc(O)cc1I)C(=O)O)OCC1c2ccccc2-c2ccccc21. The number of carbonyl (C=O) groups excluding carboxylic acids is 1. The Morgan fingerprint density at radius 1 is 1.00 bits per heavy atom. The van der Waals surface area contributed by atoms with Crippen LogP contribution in [0.4, 0.5) is 4.79 Å². The summed E-state index contributed by atoms with van der Waals surface area (Å²) in [5.41, 5.74) is 5.13. The van der Waals surface area contributed by atoms with E-state index >= 15 is 0 Å². The predicted octanol–water partition coefficient (Wildman–Crippen LogP) is 4.53. The van der Waals surface area contributed by atoms with Gasteiger partial charge >= 0.3 is 12.1 Å². The molecule has 31 heavy (non-hydrogen) atoms. The van der Waals surface area contributed by atoms with Crippen LogP contribution < -0.4 is 5.32 Å². The van der Waals surface area contributed by atoms with Crippen LogP contribution in [0.25, 0.3) is 11.1 Å². The number of aromatic hydroxyl groups is 1. The summed E-state index contributed by atoms with van der Waals surface area (Å²) in [6.45, 7) is 0.114. The van der Waals surface area contributed by atoms with E-state index in [0.29, 0.717) is 5.56 Å². The summed E-state index contributed by atoms with van der Waals surface area (Å²) in [5, 5.41) is 21.5. The van der Waals surface area contributed by atoms with Crippen molar-refractivity contribution in [2.24, 2.45) is 0 Å². The van der Waals surface area contributed by atoms with Crippen LogP contribution in [0.5, 0.6) is 5.75 Å². The first-order valence-corrected chi connectivity index (χ1v) is 10.8. The van der Waals surface area contributed by atoms with Crippen molar-refractivity contribution < 1.29 is 24.5 Å². The van der Waals surface area contributed by atoms with Gasteiger partial charge in [-0.05, 0) is 62.5 Å². The molecule has 0 saturated carbocycles. The third-order valence-corrected chi connectivity index (χ3v) is 6.40. The highest BCUT2D eigenvalue weighted by molar-refractivity contribution is 14.1. The van der Waals surface area contributed by atoms with Gasteiger partial charge in [-0.15, -0.1) is 0 Å². The topological polar surface area (TPSA) is 95.9 Å². The number of halogens is 1. The molecule has 0 bridgehead atoms. The number of phenols is 1. The standard InChI is InChI=1S/C24H20INO5/c25-21-12-15(27)10-9-14(21)11-22(23(28)29)26-24(30)31-13-20-18-7-3-1-5-16(18)17-6-2-4-8-19(17)20/h1-10,12,20,22,27H,11,13H2,(H,26,30)(H,28,29). The van der Waals surface area contributed by atoms with Crippen LogP contribution >= 0.6 is 22.6 Å². The van der Waals surface area contributed by atoms with Crippen LogP contribution in [-0.2, 0) is 16.0 Å². The molecule has 0 spiro atoms. The van der Waals surface area contributed by atoms with E-state index in [0.717, 1.165) is 25.8 Å². The molecule has 6 nitrogen and oxygen atoms in total. The zero-order chi connectivity index (χ0) is 22.0. The van der Waals surface area contributed by atoms with Gasteiger partial charge in [-0.25, -0.2) is 9.59 Å². The largest absolute Gasteiger partial charge is 0.508 e. The van der Waals surface area contributed by atoms with Crippen molar-refractivity contribution in [2.75, 3.05) is 6.61 Å². The highest BCUT2D eigenvalue weighted by Crippen LogP contribution is 2.44. The lowest BCUT2D eigenvalue weighted by atomic mass is 9.98. The zero-order valence-corrected chi connectivity index (χ0v) is 18.6. The van der Waals surface area contributed by atoms with Crippen molar-refractivity contribution in [3.63, 3.8) is 0 Å². The third kappa shape index (κ3) is 4.51. The van der Waals surface area contributed by atoms with E-state index < -0.39 is 18.1 Å². The number of carboxylic acids is 1. The molecule has 1 aliphatic carbocycles. The number of amides is 1. The molecule has 1 amide bonds. The fraction of sp³-hybridized carbons (Fsp3) is 0.167. The lowest BCUT2D eigenvalue weighted by molar-refractivity contribution is -0.139. The summed E-state index contributed by atoms with van der Waals surface area (Å²) in [7, 11) is 0. The Morgan fingerprint density at radius 2 is 1.61 bits per heavy atom. The monoisotopic (exact) mass is 529 g/mol. The van der Waals surface area contributed by atoms with Crippen molar-refractivity contribution in [3.8, 4) is 16.9 Å². The average Bonchev–Trinajstić information content (AvgIpc) is 3.07. The highest BCUT2D eigenvalue weighted by Gasteiger charge is 2.30. The number of phenolic OH excluding ortho intramolecular Hbond substituents is 1. The number of hydrogen-bond acceptors (Lipinski definition) is 4. The molecule has 7 heteroatoms. The number of rotatable bonds is 6. The van der Waals surface area contributed by atoms with E-state index in [1.165, 1.54) is 6.07 Å². The number of hydrogen-bond donors (Lipinski definition) is 3. The van der Waals surface area contributed by atoms with Crippen LogP contribution in [0.3, 0.4) is 0 Å². The van der Waals surface area contributed by atoms with Crippen LogP contribution in [-0.4, -0.2) is 34.9 Å². The second-order valence-corrected chi connectivity index (χ2v) is 8.50. The molecule has 3 aromatic carbocycles. The van der Waals surface area contributed by atoms with Gasteiger partial charge in [-0.1, -0.05) is 54.6 Å². The van der Waals surface area contributed by atoms with Gasteiger partial charge in [0.05, 0.1) is 0 Å². The maximum Gasteiger partial charge on any atom is 0.407 e. The summed E-state index contributed by atoms with van der Waals surface area (Å²) < 4.78 is 6.17. The molecule has 1 atom stereocenters. The molecule has 1 unspecified atom stereocenters. The van der Waals surface area contributed by atoms with Crippen LogP contribution in [0.2, 0.25) is 0 Å². The predicted molar refractivity (Wildman–Crippen MR) is 124 cm³/mol. The average molecular weight is 529 g/mol. The second-order valence-electron chi connectivity index (χ2n) is 7.34. The molecular formula is C24H20INO5. The number of fused-ring (bicyclic) bond motifs is 3. The number of benzene rings is 3. The van der Waals surface area contributed by atoms with E-state index in [9.17, 15) is 19.8 Å². The van der Waals surface area contributed by atoms with Crippen molar-refractivity contribution >= 4 is 34.7 Å². The van der Waals surface area contributed by atoms with Gasteiger partial charge in [0.1, 0.15) is 18.4 Å². The van der Waals surface area contributed by atoms with Crippen molar-refractivity contribution in [3.05, 3.63) is 87.0 Å².